The number of anilines is 1. The van der Waals surface area contributed by atoms with E-state index >= 15 is 0 Å². The van der Waals surface area contributed by atoms with Crippen molar-refractivity contribution in [3.8, 4) is 0 Å². The fraction of sp³-hybridized carbons (Fsp3) is 0.545. The van der Waals surface area contributed by atoms with Crippen molar-refractivity contribution >= 4 is 11.7 Å². The summed E-state index contributed by atoms with van der Waals surface area (Å²) in [4.78, 5) is 19.7. The van der Waals surface area contributed by atoms with Gasteiger partial charge in [0.1, 0.15) is 5.69 Å². The summed E-state index contributed by atoms with van der Waals surface area (Å²) in [6.45, 7) is 0.723. The highest BCUT2D eigenvalue weighted by atomic mass is 16.1. The number of hydrogen-bond donors (Lipinski definition) is 3. The van der Waals surface area contributed by atoms with Gasteiger partial charge in [0.2, 0.25) is 0 Å². The predicted molar refractivity (Wildman–Crippen MR) is 64.1 cm³/mol. The number of nitrogens with one attached hydrogen (secondary N) is 2. The second-order valence-corrected chi connectivity index (χ2v) is 4.29. The molecule has 1 aliphatic carbocycles. The molecule has 0 aliphatic heterocycles. The lowest BCUT2D eigenvalue weighted by atomic mass is 10.1. The second kappa shape index (κ2) is 5.58. The molecule has 1 saturated carbocycles. The van der Waals surface area contributed by atoms with Crippen molar-refractivity contribution in [2.45, 2.75) is 25.7 Å². The van der Waals surface area contributed by atoms with Crippen LogP contribution >= 0.6 is 0 Å². The zero-order chi connectivity index (χ0) is 12.1. The molecular weight excluding hydrogens is 218 g/mol. The Labute approximate surface area is 100.0 Å². The van der Waals surface area contributed by atoms with E-state index < -0.39 is 0 Å². The lowest BCUT2D eigenvalue weighted by Crippen LogP contribution is -2.29. The summed E-state index contributed by atoms with van der Waals surface area (Å²) in [6.07, 6.45) is 7.85. The van der Waals surface area contributed by atoms with Crippen molar-refractivity contribution in [3.63, 3.8) is 0 Å². The van der Waals surface area contributed by atoms with Crippen LogP contribution in [0.5, 0.6) is 0 Å². The zero-order valence-electron chi connectivity index (χ0n) is 9.65. The van der Waals surface area contributed by atoms with Crippen molar-refractivity contribution in [1.29, 1.82) is 0 Å². The number of hydrazine groups is 1. The standard InChI is InChI=1S/C11H17N5O/c12-16-10-7-13-6-9(15-10)11(17)14-5-8-3-1-2-4-8/h6-8H,1-5,12H2,(H,14,17)(H,15,16). The van der Waals surface area contributed by atoms with E-state index in [4.69, 9.17) is 5.84 Å². The van der Waals surface area contributed by atoms with Gasteiger partial charge in [-0.15, -0.1) is 0 Å². The average molecular weight is 235 g/mol. The summed E-state index contributed by atoms with van der Waals surface area (Å²) in [5.74, 6) is 6.02. The lowest BCUT2D eigenvalue weighted by Gasteiger charge is -2.10. The van der Waals surface area contributed by atoms with Crippen LogP contribution in [0.25, 0.3) is 0 Å². The number of aromatic nitrogens is 2. The third kappa shape index (κ3) is 3.13. The van der Waals surface area contributed by atoms with Gasteiger partial charge < -0.3 is 10.7 Å². The molecule has 1 amide bonds. The largest absolute Gasteiger partial charge is 0.350 e. The number of carbonyl (C=O) groups is 1. The molecule has 6 heteroatoms. The molecule has 0 spiro atoms. The Morgan fingerprint density at radius 3 is 2.88 bits per heavy atom. The van der Waals surface area contributed by atoms with E-state index in [0.717, 1.165) is 6.54 Å². The number of nitrogens with two attached hydrogens (primary N) is 1. The van der Waals surface area contributed by atoms with Gasteiger partial charge in [-0.05, 0) is 18.8 Å². The lowest BCUT2D eigenvalue weighted by molar-refractivity contribution is 0.0942. The molecule has 4 N–H and O–H groups in total. The quantitative estimate of drug-likeness (QED) is 0.527. The fourth-order valence-electron chi connectivity index (χ4n) is 2.09. The smallest absolute Gasteiger partial charge is 0.271 e. The van der Waals surface area contributed by atoms with Gasteiger partial charge in [-0.3, -0.25) is 9.78 Å². The molecule has 17 heavy (non-hydrogen) atoms. The van der Waals surface area contributed by atoms with E-state index in [2.05, 4.69) is 20.7 Å². The molecule has 1 fully saturated rings. The van der Waals surface area contributed by atoms with E-state index in [1.54, 1.807) is 0 Å². The van der Waals surface area contributed by atoms with Crippen LogP contribution < -0.4 is 16.6 Å². The molecule has 0 aromatic carbocycles. The average Bonchev–Trinajstić information content (AvgIpc) is 2.89. The van der Waals surface area contributed by atoms with Gasteiger partial charge in [0.05, 0.1) is 12.4 Å². The summed E-state index contributed by atoms with van der Waals surface area (Å²) in [7, 11) is 0. The van der Waals surface area contributed by atoms with E-state index in [-0.39, 0.29) is 5.91 Å². The van der Waals surface area contributed by atoms with Crippen LogP contribution in [0.3, 0.4) is 0 Å². The summed E-state index contributed by atoms with van der Waals surface area (Å²) >= 11 is 0. The minimum atomic E-state index is -0.193. The van der Waals surface area contributed by atoms with Crippen LogP contribution in [-0.4, -0.2) is 22.4 Å². The van der Waals surface area contributed by atoms with Crippen LogP contribution in [0.1, 0.15) is 36.2 Å². The third-order valence-corrected chi connectivity index (χ3v) is 3.04. The Kier molecular flexibility index (Phi) is 3.87. The minimum Gasteiger partial charge on any atom is -0.350 e. The summed E-state index contributed by atoms with van der Waals surface area (Å²) in [5.41, 5.74) is 2.66. The van der Waals surface area contributed by atoms with Gasteiger partial charge >= 0.3 is 0 Å². The minimum absolute atomic E-state index is 0.193. The number of rotatable bonds is 4. The van der Waals surface area contributed by atoms with Crippen LogP contribution in [0.15, 0.2) is 12.4 Å². The van der Waals surface area contributed by atoms with Crippen molar-refractivity contribution in [3.05, 3.63) is 18.1 Å². The van der Waals surface area contributed by atoms with Crippen molar-refractivity contribution in [2.24, 2.45) is 11.8 Å². The maximum absolute atomic E-state index is 11.8. The molecule has 1 heterocycles. The van der Waals surface area contributed by atoms with Crippen LogP contribution in [0.4, 0.5) is 5.82 Å². The Balaban J connectivity index is 1.89. The van der Waals surface area contributed by atoms with Gasteiger partial charge in [-0.1, -0.05) is 12.8 Å². The highest BCUT2D eigenvalue weighted by Gasteiger charge is 2.16. The first-order chi connectivity index (χ1) is 8.29. The number of carbonyl (C=O) groups excluding carboxylic acids is 1. The van der Waals surface area contributed by atoms with E-state index in [9.17, 15) is 4.79 Å². The Hall–Kier alpha value is -1.69. The predicted octanol–water partition coefficient (Wildman–Crippen LogP) is 0.682. The first-order valence-corrected chi connectivity index (χ1v) is 5.86. The molecule has 1 aromatic rings. The van der Waals surface area contributed by atoms with Crippen LogP contribution in [-0.2, 0) is 0 Å². The number of amides is 1. The first-order valence-electron chi connectivity index (χ1n) is 5.86. The van der Waals surface area contributed by atoms with Crippen LogP contribution in [0.2, 0.25) is 0 Å². The number of hydrogen-bond acceptors (Lipinski definition) is 5. The highest BCUT2D eigenvalue weighted by Crippen LogP contribution is 2.23. The Bertz CT molecular complexity index is 389. The molecule has 0 bridgehead atoms. The first kappa shape index (κ1) is 11.8. The van der Waals surface area contributed by atoms with E-state index in [1.165, 1.54) is 38.1 Å². The van der Waals surface area contributed by atoms with Crippen molar-refractivity contribution in [1.82, 2.24) is 15.3 Å². The van der Waals surface area contributed by atoms with Crippen molar-refractivity contribution < 1.29 is 4.79 Å². The van der Waals surface area contributed by atoms with Gasteiger partial charge in [0.25, 0.3) is 5.91 Å². The van der Waals surface area contributed by atoms with Gasteiger partial charge in [0, 0.05) is 6.54 Å². The molecule has 1 aliphatic rings. The Morgan fingerprint density at radius 2 is 2.18 bits per heavy atom. The van der Waals surface area contributed by atoms with E-state index in [0.29, 0.717) is 17.4 Å². The second-order valence-electron chi connectivity index (χ2n) is 4.29. The summed E-state index contributed by atoms with van der Waals surface area (Å²) < 4.78 is 0. The molecule has 1 aromatic heterocycles. The molecule has 6 nitrogen and oxygen atoms in total. The third-order valence-electron chi connectivity index (χ3n) is 3.04. The number of nitrogen functional groups attached to an aromatic ring is 1. The molecule has 0 unspecified atom stereocenters. The van der Waals surface area contributed by atoms with Gasteiger partial charge in [0.15, 0.2) is 5.82 Å². The molecule has 2 rings (SSSR count). The molecule has 92 valence electrons. The zero-order valence-corrected chi connectivity index (χ0v) is 9.65. The van der Waals surface area contributed by atoms with E-state index in [1.807, 2.05) is 0 Å². The molecule has 0 atom stereocenters. The van der Waals surface area contributed by atoms with Crippen molar-refractivity contribution in [2.75, 3.05) is 12.0 Å². The Morgan fingerprint density at radius 1 is 1.41 bits per heavy atom. The van der Waals surface area contributed by atoms with Gasteiger partial charge in [-0.25, -0.2) is 10.8 Å². The number of nitrogens with zero attached hydrogens (tertiary/aromatic N) is 2. The van der Waals surface area contributed by atoms with Gasteiger partial charge in [-0.2, -0.15) is 0 Å². The molecular formula is C11H17N5O. The monoisotopic (exact) mass is 235 g/mol. The maximum atomic E-state index is 11.8. The SMILES string of the molecule is NNc1cncc(C(=O)NCC2CCCC2)n1. The normalized spacial score (nSPS) is 15.8. The fourth-order valence-corrected chi connectivity index (χ4v) is 2.09. The summed E-state index contributed by atoms with van der Waals surface area (Å²) in [5, 5.41) is 2.88. The highest BCUT2D eigenvalue weighted by molar-refractivity contribution is 5.92. The maximum Gasteiger partial charge on any atom is 0.271 e. The summed E-state index contributed by atoms with van der Waals surface area (Å²) in [6, 6.07) is 0. The molecule has 0 saturated heterocycles. The van der Waals surface area contributed by atoms with Crippen LogP contribution in [0, 0.1) is 5.92 Å². The molecule has 0 radical (unpaired) electrons. The topological polar surface area (TPSA) is 92.9 Å².